The van der Waals surface area contributed by atoms with Gasteiger partial charge in [-0.3, -0.25) is 14.2 Å². The number of alkyl halides is 1. The number of pyridine rings is 1. The molecule has 1 saturated heterocycles. The van der Waals surface area contributed by atoms with Crippen LogP contribution in [0.25, 0.3) is 10.9 Å². The number of carbonyl (C=O) groups excluding carboxylic acids is 1. The fraction of sp³-hybridized carbons (Fsp3) is 0.364. The molecule has 4 rings (SSSR count). The van der Waals surface area contributed by atoms with Gasteiger partial charge < -0.3 is 25.2 Å². The van der Waals surface area contributed by atoms with E-state index in [1.165, 1.54) is 7.05 Å². The molecular formula is C22H25ClIN7O3. The summed E-state index contributed by atoms with van der Waals surface area (Å²) < 4.78 is 7.52. The fourth-order valence-electron chi connectivity index (χ4n) is 3.62. The fourth-order valence-corrected chi connectivity index (χ4v) is 4.43. The Labute approximate surface area is 215 Å². The van der Waals surface area contributed by atoms with Crippen molar-refractivity contribution in [2.24, 2.45) is 0 Å². The number of benzene rings is 1. The number of carbonyl (C=O) groups is 1. The number of hydrogen-bond acceptors (Lipinski definition) is 8. The van der Waals surface area contributed by atoms with E-state index in [9.17, 15) is 9.59 Å². The third-order valence-electron chi connectivity index (χ3n) is 5.60. The van der Waals surface area contributed by atoms with Crippen LogP contribution in [0.3, 0.4) is 0 Å². The quantitative estimate of drug-likeness (QED) is 0.316. The highest BCUT2D eigenvalue weighted by molar-refractivity contribution is 14.1. The molecule has 2 aromatic heterocycles. The van der Waals surface area contributed by atoms with Crippen molar-refractivity contribution in [3.8, 4) is 5.75 Å². The number of nitrogens with one attached hydrogen (secondary N) is 2. The molecule has 3 aromatic rings. The van der Waals surface area contributed by atoms with E-state index in [0.717, 1.165) is 42.8 Å². The average Bonchev–Trinajstić information content (AvgIpc) is 2.84. The second kappa shape index (κ2) is 10.7. The van der Waals surface area contributed by atoms with Gasteiger partial charge in [0.25, 0.3) is 11.5 Å². The summed E-state index contributed by atoms with van der Waals surface area (Å²) in [7, 11) is 3.61. The third-order valence-corrected chi connectivity index (χ3v) is 6.56. The van der Waals surface area contributed by atoms with Gasteiger partial charge in [0.1, 0.15) is 5.02 Å². The van der Waals surface area contributed by atoms with Crippen LogP contribution in [0.5, 0.6) is 5.75 Å². The van der Waals surface area contributed by atoms with E-state index < -0.39 is 0 Å². The van der Waals surface area contributed by atoms with Gasteiger partial charge >= 0.3 is 0 Å². The molecule has 10 nitrogen and oxygen atoms in total. The topological polar surface area (TPSA) is 105 Å². The van der Waals surface area contributed by atoms with Crippen LogP contribution in [0.15, 0.2) is 35.3 Å². The Bertz CT molecular complexity index is 1260. The molecule has 12 heteroatoms. The monoisotopic (exact) mass is 597 g/mol. The molecule has 1 aliphatic rings. The number of nitrogens with zero attached hydrogens (tertiary/aromatic N) is 5. The highest BCUT2D eigenvalue weighted by atomic mass is 127. The number of likely N-dealkylation sites (N-methyl/N-ethyl adjacent to an activating group) is 2. The molecule has 1 amide bonds. The molecule has 0 spiro atoms. The Balaban J connectivity index is 1.63. The lowest BCUT2D eigenvalue weighted by molar-refractivity contribution is -0.122. The van der Waals surface area contributed by atoms with Crippen molar-refractivity contribution in [1.29, 1.82) is 0 Å². The minimum absolute atomic E-state index is 0.113. The average molecular weight is 598 g/mol. The van der Waals surface area contributed by atoms with Gasteiger partial charge in [-0.1, -0.05) is 34.2 Å². The summed E-state index contributed by atoms with van der Waals surface area (Å²) in [6, 6.07) is 7.25. The predicted octanol–water partition coefficient (Wildman–Crippen LogP) is 2.46. The van der Waals surface area contributed by atoms with Crippen molar-refractivity contribution in [2.45, 2.75) is 4.55 Å². The van der Waals surface area contributed by atoms with E-state index in [2.05, 4.69) is 60.0 Å². The first-order valence-electron chi connectivity index (χ1n) is 10.7. The summed E-state index contributed by atoms with van der Waals surface area (Å²) in [5.41, 5.74) is 1.21. The second-order valence-corrected chi connectivity index (χ2v) is 8.97. The van der Waals surface area contributed by atoms with E-state index in [1.54, 1.807) is 16.8 Å². The number of anilines is 3. The summed E-state index contributed by atoms with van der Waals surface area (Å²) in [4.78, 5) is 37.8. The molecule has 1 fully saturated rings. The van der Waals surface area contributed by atoms with Gasteiger partial charge in [0.2, 0.25) is 5.95 Å². The first-order valence-corrected chi connectivity index (χ1v) is 12.6. The molecule has 0 bridgehead atoms. The summed E-state index contributed by atoms with van der Waals surface area (Å²) >= 11 is 8.51. The molecule has 1 aromatic carbocycles. The normalized spacial score (nSPS) is 14.3. The Hall–Kier alpha value is -2.64. The SMILES string of the molecule is CNC(=O)COc1cc2cc(Nc3nc(N4CCN(C)CC4)ncc3Cl)ccc2n(CI)c1=O. The maximum atomic E-state index is 12.8. The Morgan fingerprint density at radius 3 is 2.71 bits per heavy atom. The zero-order valence-electron chi connectivity index (χ0n) is 18.8. The first-order chi connectivity index (χ1) is 16.4. The molecule has 1 aliphatic heterocycles. The van der Waals surface area contributed by atoms with Gasteiger partial charge in [0, 0.05) is 44.3 Å². The Kier molecular flexibility index (Phi) is 7.73. The number of hydrogen-bond donors (Lipinski definition) is 2. The first kappa shape index (κ1) is 24.5. The minimum atomic E-state index is -0.314. The lowest BCUT2D eigenvalue weighted by atomic mass is 10.2. The minimum Gasteiger partial charge on any atom is -0.478 e. The Morgan fingerprint density at radius 2 is 2.00 bits per heavy atom. The van der Waals surface area contributed by atoms with Gasteiger partial charge in [-0.25, -0.2) is 4.98 Å². The van der Waals surface area contributed by atoms with Gasteiger partial charge in [-0.2, -0.15) is 4.98 Å². The van der Waals surface area contributed by atoms with Crippen LogP contribution >= 0.6 is 34.2 Å². The van der Waals surface area contributed by atoms with Crippen molar-refractivity contribution in [3.63, 3.8) is 0 Å². The second-order valence-electron chi connectivity index (χ2n) is 7.88. The molecule has 34 heavy (non-hydrogen) atoms. The van der Waals surface area contributed by atoms with E-state index in [4.69, 9.17) is 16.3 Å². The third kappa shape index (κ3) is 5.36. The van der Waals surface area contributed by atoms with E-state index in [1.807, 2.05) is 18.2 Å². The molecule has 0 radical (unpaired) electrons. The number of piperazine rings is 1. The zero-order valence-corrected chi connectivity index (χ0v) is 21.8. The highest BCUT2D eigenvalue weighted by Gasteiger charge is 2.18. The molecule has 2 N–H and O–H groups in total. The van der Waals surface area contributed by atoms with Crippen LogP contribution in [0, 0.1) is 0 Å². The molecule has 0 atom stereocenters. The molecular weight excluding hydrogens is 573 g/mol. The summed E-state index contributed by atoms with van der Waals surface area (Å²) in [5.74, 6) is 0.931. The summed E-state index contributed by atoms with van der Waals surface area (Å²) in [6.07, 6.45) is 1.60. The largest absolute Gasteiger partial charge is 0.478 e. The standard InChI is InChI=1S/C22H25ClIN7O3/c1-25-19(32)12-34-18-10-14-9-15(3-4-17(14)31(13-24)21(18)33)27-20-16(23)11-26-22(28-20)30-7-5-29(2)6-8-30/h3-4,9-11H,5-8,12-13H2,1-2H3,(H,25,32)(H,26,27,28). The molecule has 0 aliphatic carbocycles. The van der Waals surface area contributed by atoms with Crippen LogP contribution in [0.4, 0.5) is 17.5 Å². The van der Waals surface area contributed by atoms with Crippen molar-refractivity contribution in [2.75, 3.05) is 57.1 Å². The number of rotatable bonds is 7. The van der Waals surface area contributed by atoms with Crippen LogP contribution in [0.2, 0.25) is 5.02 Å². The lowest BCUT2D eigenvalue weighted by Crippen LogP contribution is -2.45. The Morgan fingerprint density at radius 1 is 1.24 bits per heavy atom. The maximum Gasteiger partial charge on any atom is 0.294 e. The van der Waals surface area contributed by atoms with Crippen LogP contribution in [0.1, 0.15) is 0 Å². The zero-order chi connectivity index (χ0) is 24.2. The summed E-state index contributed by atoms with van der Waals surface area (Å²) in [5, 5.41) is 6.93. The van der Waals surface area contributed by atoms with Crippen molar-refractivity contribution >= 4 is 68.5 Å². The molecule has 0 unspecified atom stereocenters. The van der Waals surface area contributed by atoms with Gasteiger partial charge in [0.05, 0.1) is 16.3 Å². The van der Waals surface area contributed by atoms with Crippen molar-refractivity contribution in [3.05, 3.63) is 45.8 Å². The molecule has 0 saturated carbocycles. The summed E-state index contributed by atoms with van der Waals surface area (Å²) in [6.45, 7) is 3.35. The van der Waals surface area contributed by atoms with Gasteiger partial charge in [0.15, 0.2) is 18.2 Å². The van der Waals surface area contributed by atoms with Crippen LogP contribution in [-0.2, 0) is 9.35 Å². The van der Waals surface area contributed by atoms with Gasteiger partial charge in [-0.15, -0.1) is 0 Å². The molecule has 180 valence electrons. The predicted molar refractivity (Wildman–Crippen MR) is 142 cm³/mol. The number of amides is 1. The number of aromatic nitrogens is 3. The van der Waals surface area contributed by atoms with E-state index in [-0.39, 0.29) is 23.8 Å². The number of fused-ring (bicyclic) bond motifs is 1. The van der Waals surface area contributed by atoms with Crippen molar-refractivity contribution in [1.82, 2.24) is 24.8 Å². The highest BCUT2D eigenvalue weighted by Crippen LogP contribution is 2.28. The molecule has 3 heterocycles. The lowest BCUT2D eigenvalue weighted by Gasteiger charge is -2.32. The van der Waals surface area contributed by atoms with Crippen molar-refractivity contribution < 1.29 is 9.53 Å². The van der Waals surface area contributed by atoms with Crippen LogP contribution in [-0.4, -0.2) is 72.2 Å². The van der Waals surface area contributed by atoms with Crippen LogP contribution < -0.4 is 25.8 Å². The van der Waals surface area contributed by atoms with E-state index in [0.29, 0.717) is 21.3 Å². The number of ether oxygens (including phenoxy) is 1. The number of halogens is 2. The maximum absolute atomic E-state index is 12.8. The smallest absolute Gasteiger partial charge is 0.294 e. The van der Waals surface area contributed by atoms with E-state index >= 15 is 0 Å². The van der Waals surface area contributed by atoms with Gasteiger partial charge in [-0.05, 0) is 31.3 Å².